The molecule has 94 valence electrons. The molecule has 0 radical (unpaired) electrons. The number of methoxy groups -OCH3 is 1. The minimum Gasteiger partial charge on any atom is -0.385 e. The zero-order valence-corrected chi connectivity index (χ0v) is 10.9. The number of anilines is 1. The van der Waals surface area contributed by atoms with Crippen molar-refractivity contribution in [1.29, 1.82) is 0 Å². The van der Waals surface area contributed by atoms with E-state index in [1.54, 1.807) is 26.2 Å². The summed E-state index contributed by atoms with van der Waals surface area (Å²) in [5, 5.41) is 6.58. The van der Waals surface area contributed by atoms with Gasteiger partial charge in [-0.25, -0.2) is 4.39 Å². The highest BCUT2D eigenvalue weighted by molar-refractivity contribution is 7.80. The standard InChI is InChI=1S/C12H17FN2OS/c1-9-8-10(4-5-11(9)13)15-12(17)14-6-3-7-16-2/h4-5,8H,3,6-7H2,1-2H3,(H2,14,15,17). The topological polar surface area (TPSA) is 33.3 Å². The number of rotatable bonds is 5. The summed E-state index contributed by atoms with van der Waals surface area (Å²) < 4.78 is 18.0. The first-order chi connectivity index (χ1) is 8.13. The number of benzene rings is 1. The predicted octanol–water partition coefficient (Wildman–Crippen LogP) is 2.46. The van der Waals surface area contributed by atoms with Gasteiger partial charge in [0, 0.05) is 25.9 Å². The molecule has 0 spiro atoms. The molecule has 0 saturated heterocycles. The Morgan fingerprint density at radius 1 is 1.47 bits per heavy atom. The van der Waals surface area contributed by atoms with E-state index in [-0.39, 0.29) is 5.82 Å². The highest BCUT2D eigenvalue weighted by Crippen LogP contribution is 2.13. The fourth-order valence-electron chi connectivity index (χ4n) is 1.32. The molecule has 5 heteroatoms. The summed E-state index contributed by atoms with van der Waals surface area (Å²) in [7, 11) is 1.66. The van der Waals surface area contributed by atoms with Gasteiger partial charge in [-0.2, -0.15) is 0 Å². The second-order valence-electron chi connectivity index (χ2n) is 3.69. The van der Waals surface area contributed by atoms with Crippen LogP contribution in [0.2, 0.25) is 0 Å². The lowest BCUT2D eigenvalue weighted by Gasteiger charge is -2.10. The molecule has 0 aliphatic heterocycles. The normalized spacial score (nSPS) is 10.1. The lowest BCUT2D eigenvalue weighted by molar-refractivity contribution is 0.196. The van der Waals surface area contributed by atoms with Gasteiger partial charge in [0.15, 0.2) is 5.11 Å². The second-order valence-corrected chi connectivity index (χ2v) is 4.10. The van der Waals surface area contributed by atoms with Gasteiger partial charge in [0.1, 0.15) is 5.82 Å². The first-order valence-corrected chi connectivity index (χ1v) is 5.84. The van der Waals surface area contributed by atoms with Crippen LogP contribution in [0, 0.1) is 12.7 Å². The second kappa shape index (κ2) is 7.19. The van der Waals surface area contributed by atoms with E-state index >= 15 is 0 Å². The fourth-order valence-corrected chi connectivity index (χ4v) is 1.54. The Morgan fingerprint density at radius 2 is 2.24 bits per heavy atom. The van der Waals surface area contributed by atoms with Crippen LogP contribution in [0.3, 0.4) is 0 Å². The minimum absolute atomic E-state index is 0.213. The SMILES string of the molecule is COCCCNC(=S)Nc1ccc(F)c(C)c1. The van der Waals surface area contributed by atoms with E-state index in [4.69, 9.17) is 17.0 Å². The van der Waals surface area contributed by atoms with Gasteiger partial charge in [0.05, 0.1) is 0 Å². The largest absolute Gasteiger partial charge is 0.385 e. The summed E-state index contributed by atoms with van der Waals surface area (Å²) in [6, 6.07) is 4.80. The lowest BCUT2D eigenvalue weighted by Crippen LogP contribution is -2.29. The molecule has 0 heterocycles. The first-order valence-electron chi connectivity index (χ1n) is 5.43. The van der Waals surface area contributed by atoms with Crippen molar-refractivity contribution in [3.8, 4) is 0 Å². The molecular weight excluding hydrogens is 239 g/mol. The third kappa shape index (κ3) is 5.10. The van der Waals surface area contributed by atoms with E-state index < -0.39 is 0 Å². The average Bonchev–Trinajstić information content (AvgIpc) is 2.30. The van der Waals surface area contributed by atoms with Crippen molar-refractivity contribution in [1.82, 2.24) is 5.32 Å². The van der Waals surface area contributed by atoms with Gasteiger partial charge >= 0.3 is 0 Å². The van der Waals surface area contributed by atoms with Gasteiger partial charge in [-0.05, 0) is 49.3 Å². The average molecular weight is 256 g/mol. The molecule has 0 amide bonds. The van der Waals surface area contributed by atoms with E-state index in [0.717, 1.165) is 18.7 Å². The van der Waals surface area contributed by atoms with Gasteiger partial charge in [-0.3, -0.25) is 0 Å². The van der Waals surface area contributed by atoms with E-state index in [1.807, 2.05) is 0 Å². The number of hydrogen-bond acceptors (Lipinski definition) is 2. The van der Waals surface area contributed by atoms with Gasteiger partial charge < -0.3 is 15.4 Å². The highest BCUT2D eigenvalue weighted by Gasteiger charge is 2.00. The van der Waals surface area contributed by atoms with Crippen LogP contribution < -0.4 is 10.6 Å². The van der Waals surface area contributed by atoms with E-state index in [1.165, 1.54) is 6.07 Å². The molecular formula is C12H17FN2OS. The summed E-state index contributed by atoms with van der Waals surface area (Å²) in [5.74, 6) is -0.213. The molecule has 0 unspecified atom stereocenters. The molecule has 1 aromatic rings. The fraction of sp³-hybridized carbons (Fsp3) is 0.417. The maximum Gasteiger partial charge on any atom is 0.170 e. The van der Waals surface area contributed by atoms with E-state index in [2.05, 4.69) is 10.6 Å². The Hall–Kier alpha value is -1.20. The molecule has 2 N–H and O–H groups in total. The maximum atomic E-state index is 13.0. The number of halogens is 1. The van der Waals surface area contributed by atoms with Gasteiger partial charge in [-0.15, -0.1) is 0 Å². The highest BCUT2D eigenvalue weighted by atomic mass is 32.1. The number of aryl methyl sites for hydroxylation is 1. The van der Waals surface area contributed by atoms with Crippen molar-refractivity contribution in [2.45, 2.75) is 13.3 Å². The van der Waals surface area contributed by atoms with Crippen molar-refractivity contribution in [3.63, 3.8) is 0 Å². The predicted molar refractivity (Wildman–Crippen MR) is 71.9 cm³/mol. The summed E-state index contributed by atoms with van der Waals surface area (Å²) in [4.78, 5) is 0. The van der Waals surface area contributed by atoms with Crippen molar-refractivity contribution < 1.29 is 9.13 Å². The maximum absolute atomic E-state index is 13.0. The van der Waals surface area contributed by atoms with Crippen LogP contribution >= 0.6 is 12.2 Å². The molecule has 0 aliphatic carbocycles. The Labute approximate surface area is 106 Å². The summed E-state index contributed by atoms with van der Waals surface area (Å²) >= 11 is 5.10. The Balaban J connectivity index is 2.37. The van der Waals surface area contributed by atoms with Crippen molar-refractivity contribution in [2.24, 2.45) is 0 Å². The number of hydrogen-bond donors (Lipinski definition) is 2. The van der Waals surface area contributed by atoms with Crippen molar-refractivity contribution >= 4 is 23.0 Å². The summed E-state index contributed by atoms with van der Waals surface area (Å²) in [6.45, 7) is 3.17. The third-order valence-corrected chi connectivity index (χ3v) is 2.47. The minimum atomic E-state index is -0.213. The molecule has 0 atom stereocenters. The molecule has 1 rings (SSSR count). The van der Waals surface area contributed by atoms with Crippen molar-refractivity contribution in [3.05, 3.63) is 29.6 Å². The monoisotopic (exact) mass is 256 g/mol. The summed E-state index contributed by atoms with van der Waals surface area (Å²) in [6.07, 6.45) is 0.890. The number of ether oxygens (including phenoxy) is 1. The van der Waals surface area contributed by atoms with E-state index in [0.29, 0.717) is 17.3 Å². The van der Waals surface area contributed by atoms with Crippen LogP contribution in [-0.4, -0.2) is 25.4 Å². The van der Waals surface area contributed by atoms with Crippen LogP contribution in [0.15, 0.2) is 18.2 Å². The van der Waals surface area contributed by atoms with Crippen LogP contribution in [0.5, 0.6) is 0 Å². The smallest absolute Gasteiger partial charge is 0.170 e. The molecule has 3 nitrogen and oxygen atoms in total. The molecule has 0 aromatic heterocycles. The van der Waals surface area contributed by atoms with Crippen LogP contribution in [0.25, 0.3) is 0 Å². The van der Waals surface area contributed by atoms with Gasteiger partial charge in [-0.1, -0.05) is 0 Å². The Morgan fingerprint density at radius 3 is 2.88 bits per heavy atom. The van der Waals surface area contributed by atoms with Crippen LogP contribution in [-0.2, 0) is 4.74 Å². The molecule has 17 heavy (non-hydrogen) atoms. The Kier molecular flexibility index (Phi) is 5.86. The number of nitrogens with one attached hydrogen (secondary N) is 2. The summed E-state index contributed by atoms with van der Waals surface area (Å²) in [5.41, 5.74) is 1.38. The lowest BCUT2D eigenvalue weighted by atomic mass is 10.2. The van der Waals surface area contributed by atoms with Crippen LogP contribution in [0.4, 0.5) is 10.1 Å². The molecule has 0 fully saturated rings. The van der Waals surface area contributed by atoms with Crippen LogP contribution in [0.1, 0.15) is 12.0 Å². The van der Waals surface area contributed by atoms with Gasteiger partial charge in [0.25, 0.3) is 0 Å². The molecule has 0 bridgehead atoms. The third-order valence-electron chi connectivity index (χ3n) is 2.23. The van der Waals surface area contributed by atoms with E-state index in [9.17, 15) is 4.39 Å². The number of thiocarbonyl (C=S) groups is 1. The quantitative estimate of drug-likeness (QED) is 0.626. The Bertz CT molecular complexity index is 385. The van der Waals surface area contributed by atoms with Crippen molar-refractivity contribution in [2.75, 3.05) is 25.6 Å². The van der Waals surface area contributed by atoms with Gasteiger partial charge in [0.2, 0.25) is 0 Å². The molecule has 0 saturated carbocycles. The zero-order chi connectivity index (χ0) is 12.7. The molecule has 1 aromatic carbocycles. The first kappa shape index (κ1) is 13.9. The zero-order valence-electron chi connectivity index (χ0n) is 10.0. The molecule has 0 aliphatic rings.